The lowest BCUT2D eigenvalue weighted by Crippen LogP contribution is -2.45. The second-order valence-electron chi connectivity index (χ2n) is 7.44. The van der Waals surface area contributed by atoms with Crippen LogP contribution in [0.5, 0.6) is 5.75 Å². The summed E-state index contributed by atoms with van der Waals surface area (Å²) < 4.78 is 34.0. The molecule has 1 atom stereocenters. The number of carbonyl (C=O) groups is 1. The number of hydrogen-bond acceptors (Lipinski definition) is 4. The van der Waals surface area contributed by atoms with Gasteiger partial charge in [-0.15, -0.1) is 0 Å². The van der Waals surface area contributed by atoms with Crippen LogP contribution in [-0.2, 0) is 21.2 Å². The van der Waals surface area contributed by atoms with E-state index in [4.69, 9.17) is 16.3 Å². The van der Waals surface area contributed by atoms with Crippen LogP contribution < -0.4 is 14.8 Å². The number of halogens is 1. The zero-order chi connectivity index (χ0) is 23.3. The minimum Gasteiger partial charge on any atom is -0.496 e. The van der Waals surface area contributed by atoms with Crippen LogP contribution in [0.4, 0.5) is 5.69 Å². The molecule has 0 saturated heterocycles. The maximum atomic E-state index is 13.1. The second kappa shape index (κ2) is 10.2. The zero-order valence-corrected chi connectivity index (χ0v) is 19.6. The number of ether oxygens (including phenoxy) is 1. The third-order valence-corrected chi connectivity index (χ3v) is 6.72. The number of rotatable bonds is 8. The SMILES string of the molecule is COc1ccc(S(=O)(=O)N[C@@H](Cc2ccccc2)C(=O)Nc2ccc(Cl)cc2C)cc1C. The molecular formula is C24H25ClN2O4S. The Labute approximate surface area is 193 Å². The summed E-state index contributed by atoms with van der Waals surface area (Å²) in [7, 11) is -2.45. The molecule has 0 aliphatic heterocycles. The Morgan fingerprint density at radius 3 is 2.34 bits per heavy atom. The summed E-state index contributed by atoms with van der Waals surface area (Å²) in [6.45, 7) is 3.58. The number of methoxy groups -OCH3 is 1. The Kier molecular flexibility index (Phi) is 7.56. The lowest BCUT2D eigenvalue weighted by molar-refractivity contribution is -0.117. The molecule has 0 fully saturated rings. The van der Waals surface area contributed by atoms with Crippen molar-refractivity contribution >= 4 is 33.2 Å². The Bertz CT molecular complexity index is 1210. The lowest BCUT2D eigenvalue weighted by atomic mass is 10.1. The van der Waals surface area contributed by atoms with Gasteiger partial charge in [0.25, 0.3) is 0 Å². The predicted molar refractivity (Wildman–Crippen MR) is 127 cm³/mol. The molecule has 2 N–H and O–H groups in total. The molecule has 168 valence electrons. The van der Waals surface area contributed by atoms with Crippen molar-refractivity contribution in [3.8, 4) is 5.75 Å². The number of anilines is 1. The maximum absolute atomic E-state index is 13.1. The molecule has 0 aliphatic carbocycles. The highest BCUT2D eigenvalue weighted by molar-refractivity contribution is 7.89. The first-order valence-electron chi connectivity index (χ1n) is 9.97. The molecule has 8 heteroatoms. The van der Waals surface area contributed by atoms with E-state index in [0.717, 1.165) is 11.1 Å². The third-order valence-electron chi connectivity index (χ3n) is 5.02. The van der Waals surface area contributed by atoms with Gasteiger partial charge in [0, 0.05) is 10.7 Å². The van der Waals surface area contributed by atoms with E-state index < -0.39 is 22.0 Å². The molecule has 0 radical (unpaired) electrons. The van der Waals surface area contributed by atoms with Gasteiger partial charge in [0.1, 0.15) is 11.8 Å². The first-order chi connectivity index (χ1) is 15.2. The number of benzene rings is 3. The fourth-order valence-corrected chi connectivity index (χ4v) is 4.81. The summed E-state index contributed by atoms with van der Waals surface area (Å²) in [4.78, 5) is 13.2. The molecule has 32 heavy (non-hydrogen) atoms. The second-order valence-corrected chi connectivity index (χ2v) is 9.59. The van der Waals surface area contributed by atoms with E-state index in [0.29, 0.717) is 22.0 Å². The summed E-state index contributed by atoms with van der Waals surface area (Å²) in [5, 5.41) is 3.37. The summed E-state index contributed by atoms with van der Waals surface area (Å²) in [6, 6.07) is 17.9. The van der Waals surface area contributed by atoms with Crippen LogP contribution in [0.3, 0.4) is 0 Å². The zero-order valence-electron chi connectivity index (χ0n) is 18.1. The first-order valence-corrected chi connectivity index (χ1v) is 11.8. The van der Waals surface area contributed by atoms with E-state index in [2.05, 4.69) is 10.0 Å². The standard InChI is InChI=1S/C24H25ClN2O4S/c1-16-13-19(25)9-11-21(16)26-24(28)22(15-18-7-5-4-6-8-18)27-32(29,30)20-10-12-23(31-3)17(2)14-20/h4-14,22,27H,15H2,1-3H3,(H,26,28)/t22-/m0/s1. The minimum atomic E-state index is -3.97. The average Bonchev–Trinajstić information content (AvgIpc) is 2.75. The summed E-state index contributed by atoms with van der Waals surface area (Å²) in [5.41, 5.74) is 2.85. The molecule has 0 aromatic heterocycles. The van der Waals surface area contributed by atoms with Crippen molar-refractivity contribution < 1.29 is 17.9 Å². The van der Waals surface area contributed by atoms with Crippen LogP contribution in [0.1, 0.15) is 16.7 Å². The highest BCUT2D eigenvalue weighted by atomic mass is 35.5. The van der Waals surface area contributed by atoms with Gasteiger partial charge < -0.3 is 10.1 Å². The summed E-state index contributed by atoms with van der Waals surface area (Å²) in [5.74, 6) is 0.119. The number of nitrogens with one attached hydrogen (secondary N) is 2. The van der Waals surface area contributed by atoms with E-state index in [1.807, 2.05) is 37.3 Å². The van der Waals surface area contributed by atoms with Crippen LogP contribution in [0.15, 0.2) is 71.6 Å². The van der Waals surface area contributed by atoms with Crippen LogP contribution >= 0.6 is 11.6 Å². The van der Waals surface area contributed by atoms with Crippen molar-refractivity contribution in [2.24, 2.45) is 0 Å². The number of carbonyl (C=O) groups excluding carboxylic acids is 1. The fraction of sp³-hybridized carbons (Fsp3) is 0.208. The van der Waals surface area contributed by atoms with E-state index in [-0.39, 0.29) is 11.3 Å². The van der Waals surface area contributed by atoms with Crippen molar-refractivity contribution in [1.29, 1.82) is 0 Å². The van der Waals surface area contributed by atoms with Crippen LogP contribution in [0.2, 0.25) is 5.02 Å². The molecule has 3 aromatic rings. The molecular weight excluding hydrogens is 448 g/mol. The van der Waals surface area contributed by atoms with Crippen molar-refractivity contribution in [3.63, 3.8) is 0 Å². The molecule has 0 spiro atoms. The summed E-state index contributed by atoms with van der Waals surface area (Å²) >= 11 is 6.00. The normalized spacial score (nSPS) is 12.2. The lowest BCUT2D eigenvalue weighted by Gasteiger charge is -2.20. The van der Waals surface area contributed by atoms with Crippen LogP contribution in [0.25, 0.3) is 0 Å². The number of hydrogen-bond donors (Lipinski definition) is 2. The van der Waals surface area contributed by atoms with Crippen molar-refractivity contribution in [3.05, 3.63) is 88.4 Å². The van der Waals surface area contributed by atoms with Gasteiger partial charge in [-0.05, 0) is 73.4 Å². The minimum absolute atomic E-state index is 0.0596. The van der Waals surface area contributed by atoms with E-state index in [1.165, 1.54) is 19.2 Å². The van der Waals surface area contributed by atoms with E-state index in [1.54, 1.807) is 31.2 Å². The topological polar surface area (TPSA) is 84.5 Å². The van der Waals surface area contributed by atoms with Crippen molar-refractivity contribution in [2.45, 2.75) is 31.2 Å². The molecule has 0 saturated carbocycles. The molecule has 0 aliphatic rings. The molecule has 3 aromatic carbocycles. The number of sulfonamides is 1. The molecule has 0 heterocycles. The number of aryl methyl sites for hydroxylation is 2. The number of amides is 1. The average molecular weight is 473 g/mol. The maximum Gasteiger partial charge on any atom is 0.242 e. The molecule has 1 amide bonds. The van der Waals surface area contributed by atoms with Gasteiger partial charge in [-0.1, -0.05) is 41.9 Å². The van der Waals surface area contributed by atoms with Gasteiger partial charge in [-0.2, -0.15) is 4.72 Å². The van der Waals surface area contributed by atoms with Gasteiger partial charge in [-0.3, -0.25) is 4.79 Å². The summed E-state index contributed by atoms with van der Waals surface area (Å²) in [6.07, 6.45) is 0.188. The Balaban J connectivity index is 1.89. The monoisotopic (exact) mass is 472 g/mol. The van der Waals surface area contributed by atoms with Crippen LogP contribution in [-0.4, -0.2) is 27.5 Å². The Hall–Kier alpha value is -2.87. The van der Waals surface area contributed by atoms with Crippen LogP contribution in [0, 0.1) is 13.8 Å². The van der Waals surface area contributed by atoms with E-state index in [9.17, 15) is 13.2 Å². The first kappa shape index (κ1) is 23.8. The largest absolute Gasteiger partial charge is 0.496 e. The molecule has 6 nitrogen and oxygen atoms in total. The molecule has 3 rings (SSSR count). The van der Waals surface area contributed by atoms with Gasteiger partial charge in [0.05, 0.1) is 12.0 Å². The quantitative estimate of drug-likeness (QED) is 0.505. The van der Waals surface area contributed by atoms with Gasteiger partial charge in [0.2, 0.25) is 15.9 Å². The van der Waals surface area contributed by atoms with E-state index >= 15 is 0 Å². The fourth-order valence-electron chi connectivity index (χ4n) is 3.30. The van der Waals surface area contributed by atoms with Gasteiger partial charge in [-0.25, -0.2) is 8.42 Å². The highest BCUT2D eigenvalue weighted by Gasteiger charge is 2.27. The van der Waals surface area contributed by atoms with Crippen molar-refractivity contribution in [1.82, 2.24) is 4.72 Å². The van der Waals surface area contributed by atoms with Gasteiger partial charge >= 0.3 is 0 Å². The molecule has 0 unspecified atom stereocenters. The van der Waals surface area contributed by atoms with Gasteiger partial charge in [0.15, 0.2) is 0 Å². The molecule has 0 bridgehead atoms. The highest BCUT2D eigenvalue weighted by Crippen LogP contribution is 2.23. The Morgan fingerprint density at radius 2 is 1.72 bits per heavy atom. The predicted octanol–water partition coefficient (Wildman–Crippen LogP) is 4.49. The third kappa shape index (κ3) is 5.88. The smallest absolute Gasteiger partial charge is 0.242 e. The van der Waals surface area contributed by atoms with Crippen molar-refractivity contribution in [2.75, 3.05) is 12.4 Å². The Morgan fingerprint density at radius 1 is 1.00 bits per heavy atom.